The van der Waals surface area contributed by atoms with Gasteiger partial charge in [-0.25, -0.2) is 0 Å². The first-order valence-electron chi connectivity index (χ1n) is 6.91. The molecule has 0 aromatic heterocycles. The highest BCUT2D eigenvalue weighted by atomic mass is 28.3. The Morgan fingerprint density at radius 1 is 1.17 bits per heavy atom. The standard InChI is InChI=1S/C16H25Si2/c1-12-10-13-8-7-9-15(17(2)3)16(13)14(12)11-18(4,5)6/h7-9H,10-11H2,1-6H3. The molecule has 0 aliphatic heterocycles. The molecule has 0 nitrogen and oxygen atoms in total. The quantitative estimate of drug-likeness (QED) is 0.720. The molecule has 1 aliphatic carbocycles. The summed E-state index contributed by atoms with van der Waals surface area (Å²) in [5.41, 5.74) is 6.56. The van der Waals surface area contributed by atoms with Crippen molar-refractivity contribution >= 4 is 27.6 Å². The fourth-order valence-corrected chi connectivity index (χ4v) is 5.68. The average molecular weight is 274 g/mol. The molecule has 0 bridgehead atoms. The maximum absolute atomic E-state index is 2.48. The summed E-state index contributed by atoms with van der Waals surface area (Å²) in [6, 6.07) is 8.31. The third kappa shape index (κ3) is 2.70. The Morgan fingerprint density at radius 3 is 2.39 bits per heavy atom. The van der Waals surface area contributed by atoms with Crippen molar-refractivity contribution in [3.8, 4) is 0 Å². The molecule has 2 rings (SSSR count). The lowest BCUT2D eigenvalue weighted by Gasteiger charge is -2.21. The van der Waals surface area contributed by atoms with Crippen molar-refractivity contribution in [3.63, 3.8) is 0 Å². The van der Waals surface area contributed by atoms with E-state index in [4.69, 9.17) is 0 Å². The van der Waals surface area contributed by atoms with Gasteiger partial charge in [-0.3, -0.25) is 0 Å². The summed E-state index contributed by atoms with van der Waals surface area (Å²) in [7, 11) is -1.40. The lowest BCUT2D eigenvalue weighted by molar-refractivity contribution is 1.19. The molecule has 2 heteroatoms. The lowest BCUT2D eigenvalue weighted by atomic mass is 10.1. The van der Waals surface area contributed by atoms with Crippen LogP contribution in [-0.2, 0) is 6.42 Å². The van der Waals surface area contributed by atoms with E-state index < -0.39 is 8.07 Å². The molecule has 0 spiro atoms. The van der Waals surface area contributed by atoms with Crippen molar-refractivity contribution in [1.82, 2.24) is 0 Å². The van der Waals surface area contributed by atoms with Crippen LogP contribution in [0.3, 0.4) is 0 Å². The molecule has 1 aliphatic rings. The Balaban J connectivity index is 2.50. The van der Waals surface area contributed by atoms with Crippen LogP contribution in [0.2, 0.25) is 38.8 Å². The first-order chi connectivity index (χ1) is 8.29. The molecule has 0 heterocycles. The van der Waals surface area contributed by atoms with E-state index in [1.165, 1.54) is 12.5 Å². The summed E-state index contributed by atoms with van der Waals surface area (Å²) >= 11 is 0. The van der Waals surface area contributed by atoms with Gasteiger partial charge in [0, 0.05) is 8.07 Å². The number of benzene rings is 1. The van der Waals surface area contributed by atoms with Gasteiger partial charge in [-0.05, 0) is 36.1 Å². The molecule has 0 fully saturated rings. The van der Waals surface area contributed by atoms with E-state index in [0.29, 0.717) is 0 Å². The molecule has 1 aromatic carbocycles. The van der Waals surface area contributed by atoms with E-state index in [1.807, 2.05) is 0 Å². The summed E-state index contributed by atoms with van der Waals surface area (Å²) in [6.45, 7) is 14.6. The first kappa shape index (κ1) is 13.8. The highest BCUT2D eigenvalue weighted by Crippen LogP contribution is 2.37. The van der Waals surface area contributed by atoms with Crippen LogP contribution in [0, 0.1) is 0 Å². The van der Waals surface area contributed by atoms with Crippen molar-refractivity contribution in [3.05, 3.63) is 34.9 Å². The van der Waals surface area contributed by atoms with Crippen molar-refractivity contribution in [2.45, 2.75) is 52.1 Å². The SMILES string of the molecule is CC1=C(C[Si](C)(C)C)c2c(cccc2[Si](C)C)C1. The van der Waals surface area contributed by atoms with Gasteiger partial charge in [0.25, 0.3) is 0 Å². The van der Waals surface area contributed by atoms with Gasteiger partial charge in [0.2, 0.25) is 0 Å². The number of hydrogen-bond acceptors (Lipinski definition) is 0. The molecular formula is C16H25Si2. The Hall–Kier alpha value is -0.606. The summed E-state index contributed by atoms with van der Waals surface area (Å²) < 4.78 is 0. The molecule has 97 valence electrons. The van der Waals surface area contributed by atoms with Gasteiger partial charge in [0.1, 0.15) is 0 Å². The average Bonchev–Trinajstić information content (AvgIpc) is 2.53. The van der Waals surface area contributed by atoms with Crippen LogP contribution in [-0.4, -0.2) is 16.9 Å². The van der Waals surface area contributed by atoms with E-state index in [9.17, 15) is 0 Å². The Kier molecular flexibility index (Phi) is 3.70. The second-order valence-corrected chi connectivity index (χ2v) is 15.0. The van der Waals surface area contributed by atoms with Crippen LogP contribution < -0.4 is 5.19 Å². The highest BCUT2D eigenvalue weighted by molar-refractivity contribution is 6.78. The number of fused-ring (bicyclic) bond motifs is 1. The minimum atomic E-state index is -1.04. The minimum absolute atomic E-state index is 0.365. The normalized spacial score (nSPS) is 15.5. The van der Waals surface area contributed by atoms with Crippen LogP contribution in [0.4, 0.5) is 0 Å². The summed E-state index contributed by atoms with van der Waals surface area (Å²) in [5, 5.41) is 1.66. The van der Waals surface area contributed by atoms with Crippen molar-refractivity contribution in [2.24, 2.45) is 0 Å². The maximum Gasteiger partial charge on any atom is 0.0799 e. The van der Waals surface area contributed by atoms with E-state index in [-0.39, 0.29) is 8.80 Å². The Bertz CT molecular complexity index is 490. The zero-order chi connectivity index (χ0) is 13.5. The van der Waals surface area contributed by atoms with Gasteiger partial charge < -0.3 is 0 Å². The van der Waals surface area contributed by atoms with Crippen LogP contribution >= 0.6 is 0 Å². The molecule has 0 amide bonds. The third-order valence-corrected chi connectivity index (χ3v) is 6.58. The fraction of sp³-hybridized carbons (Fsp3) is 0.500. The second-order valence-electron chi connectivity index (χ2n) is 7.01. The second kappa shape index (κ2) is 4.82. The largest absolute Gasteiger partial charge is 0.0799 e. The summed E-state index contributed by atoms with van der Waals surface area (Å²) in [4.78, 5) is 0. The van der Waals surface area contributed by atoms with Gasteiger partial charge in [-0.1, -0.05) is 61.7 Å². The molecule has 0 saturated carbocycles. The topological polar surface area (TPSA) is 0 Å². The van der Waals surface area contributed by atoms with Crippen molar-refractivity contribution in [1.29, 1.82) is 0 Å². The Morgan fingerprint density at radius 2 is 1.83 bits per heavy atom. The maximum atomic E-state index is 2.48. The van der Waals surface area contributed by atoms with Gasteiger partial charge in [-0.2, -0.15) is 0 Å². The highest BCUT2D eigenvalue weighted by Gasteiger charge is 2.26. The zero-order valence-electron chi connectivity index (χ0n) is 12.6. The molecular weight excluding hydrogens is 248 g/mol. The molecule has 0 atom stereocenters. The van der Waals surface area contributed by atoms with Gasteiger partial charge in [-0.15, -0.1) is 0 Å². The monoisotopic (exact) mass is 273 g/mol. The molecule has 0 N–H and O–H groups in total. The van der Waals surface area contributed by atoms with Crippen molar-refractivity contribution in [2.75, 3.05) is 0 Å². The third-order valence-electron chi connectivity index (χ3n) is 3.67. The molecule has 18 heavy (non-hydrogen) atoms. The fourth-order valence-electron chi connectivity index (χ4n) is 2.90. The summed E-state index contributed by atoms with van der Waals surface area (Å²) in [6.07, 6.45) is 1.19. The van der Waals surface area contributed by atoms with Crippen LogP contribution in [0.15, 0.2) is 23.8 Å². The minimum Gasteiger partial charge on any atom is -0.0693 e. The van der Waals surface area contributed by atoms with Gasteiger partial charge in [0.05, 0.1) is 8.80 Å². The van der Waals surface area contributed by atoms with E-state index in [2.05, 4.69) is 57.9 Å². The first-order valence-corrected chi connectivity index (χ1v) is 13.1. The number of allylic oxidation sites excluding steroid dienone is 2. The zero-order valence-corrected chi connectivity index (χ0v) is 14.6. The smallest absolute Gasteiger partial charge is 0.0693 e. The predicted octanol–water partition coefficient (Wildman–Crippen LogP) is 4.32. The molecule has 0 saturated heterocycles. The van der Waals surface area contributed by atoms with Crippen LogP contribution in [0.5, 0.6) is 0 Å². The van der Waals surface area contributed by atoms with E-state index in [1.54, 1.807) is 27.5 Å². The number of hydrogen-bond donors (Lipinski definition) is 0. The molecule has 0 unspecified atom stereocenters. The van der Waals surface area contributed by atoms with Crippen LogP contribution in [0.25, 0.3) is 5.57 Å². The predicted molar refractivity (Wildman–Crippen MR) is 88.0 cm³/mol. The van der Waals surface area contributed by atoms with E-state index in [0.717, 1.165) is 0 Å². The van der Waals surface area contributed by atoms with Gasteiger partial charge >= 0.3 is 0 Å². The number of rotatable bonds is 3. The van der Waals surface area contributed by atoms with E-state index >= 15 is 0 Å². The Labute approximate surface area is 115 Å². The lowest BCUT2D eigenvalue weighted by Crippen LogP contribution is -2.28. The molecule has 1 radical (unpaired) electrons. The van der Waals surface area contributed by atoms with Crippen molar-refractivity contribution < 1.29 is 0 Å². The van der Waals surface area contributed by atoms with Gasteiger partial charge in [0.15, 0.2) is 0 Å². The molecule has 1 aromatic rings. The summed E-state index contributed by atoms with van der Waals surface area (Å²) in [5.74, 6) is 0. The van der Waals surface area contributed by atoms with Crippen LogP contribution in [0.1, 0.15) is 18.1 Å².